The standard InChI is InChI=1S/C16H24ClN3/c17-13-14-4-7-18-16(12-14)20-10-5-15(6-11-20)19-8-2-1-3-9-19/h4,7,12,15H,1-3,5-6,8-11,13H2. The van der Waals surface area contributed by atoms with E-state index in [0.717, 1.165) is 30.5 Å². The zero-order chi connectivity index (χ0) is 13.8. The fourth-order valence-corrected chi connectivity index (χ4v) is 3.63. The number of likely N-dealkylation sites (tertiary alicyclic amines) is 1. The maximum atomic E-state index is 5.91. The van der Waals surface area contributed by atoms with E-state index in [1.807, 2.05) is 12.3 Å². The number of nitrogens with zero attached hydrogens (tertiary/aromatic N) is 3. The Morgan fingerprint density at radius 2 is 1.85 bits per heavy atom. The van der Waals surface area contributed by atoms with Crippen molar-refractivity contribution in [2.75, 3.05) is 31.1 Å². The molecule has 0 spiro atoms. The van der Waals surface area contributed by atoms with Gasteiger partial charge in [0.25, 0.3) is 0 Å². The highest BCUT2D eigenvalue weighted by atomic mass is 35.5. The summed E-state index contributed by atoms with van der Waals surface area (Å²) in [5, 5.41) is 0. The summed E-state index contributed by atoms with van der Waals surface area (Å²) in [6, 6.07) is 4.92. The van der Waals surface area contributed by atoms with Crippen LogP contribution in [-0.4, -0.2) is 42.1 Å². The molecule has 0 aliphatic carbocycles. The Labute approximate surface area is 126 Å². The third kappa shape index (κ3) is 3.26. The number of alkyl halides is 1. The van der Waals surface area contributed by atoms with Gasteiger partial charge in [-0.1, -0.05) is 6.42 Å². The van der Waals surface area contributed by atoms with Crippen LogP contribution < -0.4 is 4.90 Å². The van der Waals surface area contributed by atoms with Crippen molar-refractivity contribution in [1.29, 1.82) is 0 Å². The van der Waals surface area contributed by atoms with Crippen molar-refractivity contribution in [3.8, 4) is 0 Å². The quantitative estimate of drug-likeness (QED) is 0.797. The lowest BCUT2D eigenvalue weighted by atomic mass is 10.00. The number of rotatable bonds is 3. The van der Waals surface area contributed by atoms with Crippen LogP contribution in [0.3, 0.4) is 0 Å². The molecule has 3 heterocycles. The third-order valence-electron chi connectivity index (χ3n) is 4.66. The zero-order valence-corrected chi connectivity index (χ0v) is 12.9. The van der Waals surface area contributed by atoms with Crippen LogP contribution >= 0.6 is 11.6 Å². The summed E-state index contributed by atoms with van der Waals surface area (Å²) < 4.78 is 0. The van der Waals surface area contributed by atoms with Crippen molar-refractivity contribution in [2.24, 2.45) is 0 Å². The number of halogens is 1. The number of hydrogen-bond acceptors (Lipinski definition) is 3. The van der Waals surface area contributed by atoms with Crippen molar-refractivity contribution in [1.82, 2.24) is 9.88 Å². The largest absolute Gasteiger partial charge is 0.356 e. The van der Waals surface area contributed by atoms with Gasteiger partial charge in [0, 0.05) is 31.2 Å². The van der Waals surface area contributed by atoms with Gasteiger partial charge in [-0.2, -0.15) is 0 Å². The highest BCUT2D eigenvalue weighted by molar-refractivity contribution is 6.17. The number of piperidine rings is 2. The lowest BCUT2D eigenvalue weighted by Crippen LogP contribution is -2.46. The van der Waals surface area contributed by atoms with Crippen LogP contribution in [0.5, 0.6) is 0 Å². The molecule has 0 bridgehead atoms. The molecule has 110 valence electrons. The molecular weight excluding hydrogens is 270 g/mol. The molecule has 0 radical (unpaired) electrons. The molecule has 0 atom stereocenters. The van der Waals surface area contributed by atoms with Crippen LogP contribution in [-0.2, 0) is 5.88 Å². The van der Waals surface area contributed by atoms with Gasteiger partial charge in [0.05, 0.1) is 0 Å². The molecule has 4 heteroatoms. The molecule has 0 amide bonds. The summed E-state index contributed by atoms with van der Waals surface area (Å²) in [5.41, 5.74) is 1.16. The van der Waals surface area contributed by atoms with Gasteiger partial charge in [0.1, 0.15) is 5.82 Å². The number of anilines is 1. The molecule has 0 saturated carbocycles. The molecule has 2 aliphatic heterocycles. The van der Waals surface area contributed by atoms with E-state index in [4.69, 9.17) is 11.6 Å². The number of aromatic nitrogens is 1. The lowest BCUT2D eigenvalue weighted by molar-refractivity contribution is 0.141. The summed E-state index contributed by atoms with van der Waals surface area (Å²) in [6.45, 7) is 4.87. The summed E-state index contributed by atoms with van der Waals surface area (Å²) >= 11 is 5.91. The Bertz CT molecular complexity index is 423. The van der Waals surface area contributed by atoms with Gasteiger partial charge in [0.2, 0.25) is 0 Å². The Balaban J connectivity index is 1.57. The topological polar surface area (TPSA) is 19.4 Å². The average molecular weight is 294 g/mol. The summed E-state index contributed by atoms with van der Waals surface area (Å²) in [6.07, 6.45) is 8.62. The number of pyridine rings is 1. The third-order valence-corrected chi connectivity index (χ3v) is 4.97. The van der Waals surface area contributed by atoms with Gasteiger partial charge in [0.15, 0.2) is 0 Å². The minimum atomic E-state index is 0.569. The van der Waals surface area contributed by atoms with E-state index in [2.05, 4.69) is 20.9 Å². The van der Waals surface area contributed by atoms with Gasteiger partial charge in [-0.15, -0.1) is 11.6 Å². The van der Waals surface area contributed by atoms with E-state index < -0.39 is 0 Å². The van der Waals surface area contributed by atoms with Crippen LogP contribution in [0.15, 0.2) is 18.3 Å². The van der Waals surface area contributed by atoms with Crippen LogP contribution in [0.4, 0.5) is 5.82 Å². The molecular formula is C16H24ClN3. The second kappa shape index (κ2) is 6.77. The SMILES string of the molecule is ClCc1ccnc(N2CCC(N3CCCCC3)CC2)c1. The summed E-state index contributed by atoms with van der Waals surface area (Å²) in [7, 11) is 0. The van der Waals surface area contributed by atoms with Gasteiger partial charge >= 0.3 is 0 Å². The second-order valence-corrected chi connectivity index (χ2v) is 6.24. The van der Waals surface area contributed by atoms with Crippen molar-refractivity contribution < 1.29 is 0 Å². The molecule has 0 N–H and O–H groups in total. The molecule has 3 nitrogen and oxygen atoms in total. The van der Waals surface area contributed by atoms with Crippen molar-refractivity contribution in [3.05, 3.63) is 23.9 Å². The molecule has 0 aromatic carbocycles. The predicted molar refractivity (Wildman–Crippen MR) is 84.5 cm³/mol. The molecule has 0 unspecified atom stereocenters. The van der Waals surface area contributed by atoms with Crippen molar-refractivity contribution in [3.63, 3.8) is 0 Å². The fourth-order valence-electron chi connectivity index (χ4n) is 3.46. The maximum absolute atomic E-state index is 5.91. The Hall–Kier alpha value is -0.800. The molecule has 2 saturated heterocycles. The van der Waals surface area contributed by atoms with Gasteiger partial charge in [-0.25, -0.2) is 4.98 Å². The van der Waals surface area contributed by atoms with E-state index in [1.54, 1.807) is 0 Å². The highest BCUT2D eigenvalue weighted by Crippen LogP contribution is 2.24. The normalized spacial score (nSPS) is 22.1. The second-order valence-electron chi connectivity index (χ2n) is 5.97. The first-order valence-corrected chi connectivity index (χ1v) is 8.40. The van der Waals surface area contributed by atoms with Crippen molar-refractivity contribution >= 4 is 17.4 Å². The van der Waals surface area contributed by atoms with E-state index in [0.29, 0.717) is 5.88 Å². The predicted octanol–water partition coefficient (Wildman–Crippen LogP) is 3.28. The first-order chi connectivity index (χ1) is 9.86. The van der Waals surface area contributed by atoms with Gasteiger partial charge in [-0.05, 0) is 56.5 Å². The molecule has 20 heavy (non-hydrogen) atoms. The summed E-state index contributed by atoms with van der Waals surface area (Å²) in [4.78, 5) is 9.63. The van der Waals surface area contributed by atoms with E-state index in [1.165, 1.54) is 45.2 Å². The van der Waals surface area contributed by atoms with E-state index >= 15 is 0 Å². The van der Waals surface area contributed by atoms with Gasteiger partial charge < -0.3 is 9.80 Å². The first-order valence-electron chi connectivity index (χ1n) is 7.87. The monoisotopic (exact) mass is 293 g/mol. The summed E-state index contributed by atoms with van der Waals surface area (Å²) in [5.74, 6) is 1.67. The Morgan fingerprint density at radius 1 is 1.10 bits per heavy atom. The van der Waals surface area contributed by atoms with Crippen LogP contribution in [0.25, 0.3) is 0 Å². The minimum absolute atomic E-state index is 0.569. The van der Waals surface area contributed by atoms with Crippen LogP contribution in [0, 0.1) is 0 Å². The highest BCUT2D eigenvalue weighted by Gasteiger charge is 2.25. The van der Waals surface area contributed by atoms with Gasteiger partial charge in [-0.3, -0.25) is 0 Å². The zero-order valence-electron chi connectivity index (χ0n) is 12.1. The number of hydrogen-bond donors (Lipinski definition) is 0. The average Bonchev–Trinajstić information content (AvgIpc) is 2.56. The van der Waals surface area contributed by atoms with E-state index in [-0.39, 0.29) is 0 Å². The first kappa shape index (κ1) is 14.2. The Kier molecular flexibility index (Phi) is 4.79. The minimum Gasteiger partial charge on any atom is -0.356 e. The van der Waals surface area contributed by atoms with Crippen molar-refractivity contribution in [2.45, 2.75) is 44.0 Å². The molecule has 1 aromatic heterocycles. The smallest absolute Gasteiger partial charge is 0.128 e. The fraction of sp³-hybridized carbons (Fsp3) is 0.688. The molecule has 1 aromatic rings. The lowest BCUT2D eigenvalue weighted by Gasteiger charge is -2.40. The van der Waals surface area contributed by atoms with Crippen LogP contribution in [0.1, 0.15) is 37.7 Å². The van der Waals surface area contributed by atoms with E-state index in [9.17, 15) is 0 Å². The molecule has 2 fully saturated rings. The van der Waals surface area contributed by atoms with Crippen LogP contribution in [0.2, 0.25) is 0 Å². The molecule has 3 rings (SSSR count). The maximum Gasteiger partial charge on any atom is 0.128 e. The Morgan fingerprint density at radius 3 is 2.55 bits per heavy atom. The molecule has 2 aliphatic rings.